The summed E-state index contributed by atoms with van der Waals surface area (Å²) in [5.74, 6) is -0.378. The minimum absolute atomic E-state index is 0.378. The Kier molecular flexibility index (Phi) is 4.11. The van der Waals surface area contributed by atoms with Crippen molar-refractivity contribution in [2.24, 2.45) is 0 Å². The normalized spacial score (nSPS) is 10.3. The molecule has 0 aliphatic rings. The van der Waals surface area contributed by atoms with E-state index in [1.54, 1.807) is 29.5 Å². The number of rotatable bonds is 3. The first-order valence-electron chi connectivity index (χ1n) is 5.58. The molecular weight excluding hydrogens is 258 g/mol. The van der Waals surface area contributed by atoms with Crippen molar-refractivity contribution in [1.82, 2.24) is 0 Å². The molecule has 0 bridgehead atoms. The van der Waals surface area contributed by atoms with E-state index in [1.165, 1.54) is 13.2 Å². The Hall–Kier alpha value is -2.38. The Morgan fingerprint density at radius 3 is 2.68 bits per heavy atom. The van der Waals surface area contributed by atoms with Crippen LogP contribution in [0.1, 0.15) is 11.1 Å². The van der Waals surface area contributed by atoms with Crippen LogP contribution in [0.5, 0.6) is 0 Å². The Morgan fingerprint density at radius 2 is 2.05 bits per heavy atom. The zero-order chi connectivity index (χ0) is 13.7. The molecule has 0 aliphatic heterocycles. The summed E-state index contributed by atoms with van der Waals surface area (Å²) in [7, 11) is 1.35. The van der Waals surface area contributed by atoms with Crippen molar-refractivity contribution in [1.29, 1.82) is 5.26 Å². The van der Waals surface area contributed by atoms with Gasteiger partial charge in [-0.15, -0.1) is 11.3 Å². The molecule has 0 aliphatic carbocycles. The van der Waals surface area contributed by atoms with Crippen LogP contribution in [0.3, 0.4) is 0 Å². The molecule has 2 rings (SSSR count). The molecule has 0 N–H and O–H groups in total. The van der Waals surface area contributed by atoms with Crippen molar-refractivity contribution in [3.63, 3.8) is 0 Å². The van der Waals surface area contributed by atoms with Crippen LogP contribution in [0, 0.1) is 11.3 Å². The van der Waals surface area contributed by atoms with E-state index in [9.17, 15) is 4.79 Å². The molecule has 0 saturated heterocycles. The Balaban J connectivity index is 2.31. The average molecular weight is 269 g/mol. The maximum Gasteiger partial charge on any atom is 0.330 e. The highest BCUT2D eigenvalue weighted by Crippen LogP contribution is 2.30. The van der Waals surface area contributed by atoms with E-state index in [1.807, 2.05) is 23.6 Å². The molecule has 19 heavy (non-hydrogen) atoms. The molecule has 1 aromatic heterocycles. The molecule has 2 aromatic rings. The molecule has 0 saturated carbocycles. The molecule has 1 aromatic carbocycles. The number of esters is 1. The summed E-state index contributed by atoms with van der Waals surface area (Å²) >= 11 is 1.59. The molecule has 0 amide bonds. The van der Waals surface area contributed by atoms with Gasteiger partial charge in [-0.05, 0) is 40.8 Å². The van der Waals surface area contributed by atoms with E-state index >= 15 is 0 Å². The SMILES string of the molecule is COC(=O)/C=C/c1ccsc1-c1ccc(C#N)cc1. The fourth-order valence-corrected chi connectivity index (χ4v) is 2.50. The highest BCUT2D eigenvalue weighted by Gasteiger charge is 2.05. The van der Waals surface area contributed by atoms with Crippen LogP contribution in [0.4, 0.5) is 0 Å². The van der Waals surface area contributed by atoms with E-state index in [2.05, 4.69) is 10.8 Å². The van der Waals surface area contributed by atoms with Gasteiger partial charge >= 0.3 is 5.97 Å². The monoisotopic (exact) mass is 269 g/mol. The molecule has 0 unspecified atom stereocenters. The van der Waals surface area contributed by atoms with Gasteiger partial charge in [-0.2, -0.15) is 5.26 Å². The van der Waals surface area contributed by atoms with Crippen LogP contribution >= 0.6 is 11.3 Å². The number of ether oxygens (including phenoxy) is 1. The molecule has 4 heteroatoms. The van der Waals surface area contributed by atoms with Crippen molar-refractivity contribution in [2.45, 2.75) is 0 Å². The lowest BCUT2D eigenvalue weighted by molar-refractivity contribution is -0.134. The largest absolute Gasteiger partial charge is 0.466 e. The van der Waals surface area contributed by atoms with Gasteiger partial charge in [0.25, 0.3) is 0 Å². The van der Waals surface area contributed by atoms with Crippen LogP contribution in [-0.2, 0) is 9.53 Å². The van der Waals surface area contributed by atoms with Crippen molar-refractivity contribution < 1.29 is 9.53 Å². The number of benzene rings is 1. The Morgan fingerprint density at radius 1 is 1.32 bits per heavy atom. The first kappa shape index (κ1) is 13.1. The molecule has 0 atom stereocenters. The number of nitriles is 1. The summed E-state index contributed by atoms with van der Waals surface area (Å²) in [6, 6.07) is 11.4. The number of nitrogens with zero attached hydrogens (tertiary/aromatic N) is 1. The molecule has 3 nitrogen and oxygen atoms in total. The highest BCUT2D eigenvalue weighted by molar-refractivity contribution is 7.13. The van der Waals surface area contributed by atoms with Gasteiger partial charge in [0.2, 0.25) is 0 Å². The summed E-state index contributed by atoms with van der Waals surface area (Å²) in [6.45, 7) is 0. The lowest BCUT2D eigenvalue weighted by Gasteiger charge is -2.00. The van der Waals surface area contributed by atoms with Gasteiger partial charge in [0.15, 0.2) is 0 Å². The number of hydrogen-bond donors (Lipinski definition) is 0. The number of carbonyl (C=O) groups excluding carboxylic acids is 1. The van der Waals surface area contributed by atoms with E-state index in [0.717, 1.165) is 16.0 Å². The Bertz CT molecular complexity index is 648. The van der Waals surface area contributed by atoms with Crippen LogP contribution in [0.2, 0.25) is 0 Å². The number of methoxy groups -OCH3 is 1. The fourth-order valence-electron chi connectivity index (χ4n) is 1.61. The smallest absolute Gasteiger partial charge is 0.330 e. The van der Waals surface area contributed by atoms with Crippen LogP contribution < -0.4 is 0 Å². The van der Waals surface area contributed by atoms with E-state index in [4.69, 9.17) is 5.26 Å². The third kappa shape index (κ3) is 3.09. The second-order valence-electron chi connectivity index (χ2n) is 3.75. The zero-order valence-corrected chi connectivity index (χ0v) is 11.1. The predicted octanol–water partition coefficient (Wildman–Crippen LogP) is 3.47. The topological polar surface area (TPSA) is 50.1 Å². The molecule has 94 valence electrons. The van der Waals surface area contributed by atoms with E-state index in [0.29, 0.717) is 5.56 Å². The summed E-state index contributed by atoms with van der Waals surface area (Å²) in [4.78, 5) is 12.2. The lowest BCUT2D eigenvalue weighted by atomic mass is 10.1. The minimum Gasteiger partial charge on any atom is -0.466 e. The van der Waals surface area contributed by atoms with Gasteiger partial charge in [-0.25, -0.2) is 4.79 Å². The minimum atomic E-state index is -0.378. The van der Waals surface area contributed by atoms with Gasteiger partial charge in [-0.3, -0.25) is 0 Å². The van der Waals surface area contributed by atoms with Gasteiger partial charge in [0.05, 0.1) is 18.7 Å². The van der Waals surface area contributed by atoms with E-state index in [-0.39, 0.29) is 5.97 Å². The Labute approximate surface area is 115 Å². The summed E-state index contributed by atoms with van der Waals surface area (Å²) in [6.07, 6.45) is 3.13. The summed E-state index contributed by atoms with van der Waals surface area (Å²) in [5.41, 5.74) is 2.62. The van der Waals surface area contributed by atoms with Crippen LogP contribution in [-0.4, -0.2) is 13.1 Å². The lowest BCUT2D eigenvalue weighted by Crippen LogP contribution is -1.93. The molecule has 1 heterocycles. The van der Waals surface area contributed by atoms with Crippen LogP contribution in [0.15, 0.2) is 41.8 Å². The molecule has 0 radical (unpaired) electrons. The van der Waals surface area contributed by atoms with Gasteiger partial charge in [0, 0.05) is 11.0 Å². The van der Waals surface area contributed by atoms with Crippen molar-refractivity contribution in [2.75, 3.05) is 7.11 Å². The standard InChI is InChI=1S/C15H11NO2S/c1-18-14(17)7-6-13-8-9-19-15(13)12-4-2-11(10-16)3-5-12/h2-9H,1H3/b7-6+. The quantitative estimate of drug-likeness (QED) is 0.633. The first-order valence-corrected chi connectivity index (χ1v) is 6.46. The number of hydrogen-bond acceptors (Lipinski definition) is 4. The third-order valence-corrected chi connectivity index (χ3v) is 3.55. The maximum absolute atomic E-state index is 11.1. The summed E-state index contributed by atoms with van der Waals surface area (Å²) in [5, 5.41) is 10.7. The van der Waals surface area contributed by atoms with Crippen molar-refractivity contribution >= 4 is 23.4 Å². The third-order valence-electron chi connectivity index (χ3n) is 2.57. The molecular formula is C15H11NO2S. The first-order chi connectivity index (χ1) is 9.24. The average Bonchev–Trinajstić information content (AvgIpc) is 2.93. The molecule has 0 fully saturated rings. The summed E-state index contributed by atoms with van der Waals surface area (Å²) < 4.78 is 4.57. The van der Waals surface area contributed by atoms with Crippen LogP contribution in [0.25, 0.3) is 16.5 Å². The van der Waals surface area contributed by atoms with Crippen molar-refractivity contribution in [3.8, 4) is 16.5 Å². The second-order valence-corrected chi connectivity index (χ2v) is 4.67. The van der Waals surface area contributed by atoms with Gasteiger partial charge in [0.1, 0.15) is 0 Å². The zero-order valence-electron chi connectivity index (χ0n) is 10.3. The number of carbonyl (C=O) groups is 1. The molecule has 0 spiro atoms. The maximum atomic E-state index is 11.1. The predicted molar refractivity (Wildman–Crippen MR) is 75.5 cm³/mol. The van der Waals surface area contributed by atoms with Crippen molar-refractivity contribution in [3.05, 3.63) is 52.9 Å². The number of thiophene rings is 1. The van der Waals surface area contributed by atoms with Gasteiger partial charge < -0.3 is 4.74 Å². The van der Waals surface area contributed by atoms with Gasteiger partial charge in [-0.1, -0.05) is 12.1 Å². The van der Waals surface area contributed by atoms with E-state index < -0.39 is 0 Å². The highest BCUT2D eigenvalue weighted by atomic mass is 32.1. The fraction of sp³-hybridized carbons (Fsp3) is 0.0667. The second kappa shape index (κ2) is 5.98.